The summed E-state index contributed by atoms with van der Waals surface area (Å²) in [6, 6.07) is 9.21. The van der Waals surface area contributed by atoms with Crippen molar-refractivity contribution in [3.05, 3.63) is 80.0 Å². The first-order valence-electron chi connectivity index (χ1n) is 8.33. The molecule has 2 heterocycles. The SMILES string of the molecule is O=[N+]([O-])c1cccc(C#CC=C2CCN(c3ncccc3[N+](=O)[O-])CC2)c1. The molecule has 0 unspecified atom stereocenters. The predicted octanol–water partition coefficient (Wildman–Crippen LogP) is 3.48. The van der Waals surface area contributed by atoms with E-state index in [9.17, 15) is 20.2 Å². The van der Waals surface area contributed by atoms with E-state index in [1.807, 2.05) is 11.0 Å². The summed E-state index contributed by atoms with van der Waals surface area (Å²) in [6.07, 6.45) is 4.84. The van der Waals surface area contributed by atoms with E-state index in [1.54, 1.807) is 24.4 Å². The van der Waals surface area contributed by atoms with Crippen molar-refractivity contribution >= 4 is 17.2 Å². The molecule has 0 saturated carbocycles. The number of aromatic nitrogens is 1. The van der Waals surface area contributed by atoms with Gasteiger partial charge in [0.1, 0.15) is 0 Å². The Balaban J connectivity index is 1.66. The molecule has 0 spiro atoms. The molecule has 1 aliphatic heterocycles. The van der Waals surface area contributed by atoms with Crippen LogP contribution in [0.3, 0.4) is 0 Å². The summed E-state index contributed by atoms with van der Waals surface area (Å²) in [5.41, 5.74) is 1.75. The standard InChI is InChI=1S/C19H16N4O4/c24-22(25)17-7-2-6-16(14-17)5-1-4-15-9-12-21(13-10-15)19-18(23(26)27)8-3-11-20-19/h2-4,6-8,11,14H,9-10,12-13H2. The second-order valence-electron chi connectivity index (χ2n) is 5.97. The highest BCUT2D eigenvalue weighted by Gasteiger charge is 2.23. The minimum absolute atomic E-state index is 0.00962. The zero-order chi connectivity index (χ0) is 19.2. The Morgan fingerprint density at radius 1 is 1.07 bits per heavy atom. The lowest BCUT2D eigenvalue weighted by atomic mass is 10.0. The molecule has 27 heavy (non-hydrogen) atoms. The maximum atomic E-state index is 11.1. The van der Waals surface area contributed by atoms with E-state index in [1.165, 1.54) is 18.2 Å². The Kier molecular flexibility index (Phi) is 5.42. The second kappa shape index (κ2) is 8.10. The van der Waals surface area contributed by atoms with E-state index in [0.717, 1.165) is 18.4 Å². The highest BCUT2D eigenvalue weighted by Crippen LogP contribution is 2.28. The number of hydrogen-bond acceptors (Lipinski definition) is 6. The molecule has 1 aliphatic rings. The summed E-state index contributed by atoms with van der Waals surface area (Å²) in [4.78, 5) is 27.1. The van der Waals surface area contributed by atoms with E-state index in [-0.39, 0.29) is 11.4 Å². The van der Waals surface area contributed by atoms with Gasteiger partial charge in [-0.3, -0.25) is 20.2 Å². The third-order valence-electron chi connectivity index (χ3n) is 4.22. The summed E-state index contributed by atoms with van der Waals surface area (Å²) in [5.74, 6) is 6.25. The van der Waals surface area contributed by atoms with Crippen molar-refractivity contribution < 1.29 is 9.85 Å². The number of anilines is 1. The molecule has 0 radical (unpaired) electrons. The summed E-state index contributed by atoms with van der Waals surface area (Å²) >= 11 is 0. The number of nitro benzene ring substituents is 1. The molecule has 0 atom stereocenters. The third-order valence-corrected chi connectivity index (χ3v) is 4.22. The Hall–Kier alpha value is -3.73. The van der Waals surface area contributed by atoms with Crippen molar-refractivity contribution in [1.29, 1.82) is 0 Å². The molecule has 8 heteroatoms. The lowest BCUT2D eigenvalue weighted by Gasteiger charge is -2.28. The number of rotatable bonds is 3. The first-order chi connectivity index (χ1) is 13.0. The van der Waals surface area contributed by atoms with Gasteiger partial charge in [0.15, 0.2) is 0 Å². The smallest absolute Gasteiger partial charge is 0.311 e. The molecular weight excluding hydrogens is 348 g/mol. The van der Waals surface area contributed by atoms with Gasteiger partial charge < -0.3 is 4.90 Å². The van der Waals surface area contributed by atoms with Crippen molar-refractivity contribution in [2.24, 2.45) is 0 Å². The highest BCUT2D eigenvalue weighted by molar-refractivity contribution is 5.58. The van der Waals surface area contributed by atoms with Gasteiger partial charge >= 0.3 is 5.69 Å². The van der Waals surface area contributed by atoms with Crippen molar-refractivity contribution in [2.75, 3.05) is 18.0 Å². The summed E-state index contributed by atoms with van der Waals surface area (Å²) in [7, 11) is 0. The number of nitro groups is 2. The monoisotopic (exact) mass is 364 g/mol. The van der Waals surface area contributed by atoms with Gasteiger partial charge in [0.2, 0.25) is 5.82 Å². The molecule has 0 N–H and O–H groups in total. The maximum absolute atomic E-state index is 11.1. The minimum Gasteiger partial charge on any atom is -0.350 e. The molecular formula is C19H16N4O4. The molecule has 3 rings (SSSR count). The Morgan fingerprint density at radius 2 is 1.85 bits per heavy atom. The van der Waals surface area contributed by atoms with Crippen LogP contribution in [-0.2, 0) is 0 Å². The average Bonchev–Trinajstić information content (AvgIpc) is 2.69. The van der Waals surface area contributed by atoms with Crippen molar-refractivity contribution in [2.45, 2.75) is 12.8 Å². The van der Waals surface area contributed by atoms with Crippen molar-refractivity contribution in [1.82, 2.24) is 4.98 Å². The van der Waals surface area contributed by atoms with Crippen LogP contribution in [-0.4, -0.2) is 27.9 Å². The zero-order valence-electron chi connectivity index (χ0n) is 14.4. The van der Waals surface area contributed by atoms with Crippen LogP contribution in [0.1, 0.15) is 18.4 Å². The number of piperidine rings is 1. The summed E-state index contributed by atoms with van der Waals surface area (Å²) in [6.45, 7) is 1.25. The minimum atomic E-state index is -0.448. The number of nitrogens with zero attached hydrogens (tertiary/aromatic N) is 4. The first kappa shape index (κ1) is 18.1. The summed E-state index contributed by atoms with van der Waals surface area (Å²) in [5, 5.41) is 21.9. The fourth-order valence-corrected chi connectivity index (χ4v) is 2.84. The van der Waals surface area contributed by atoms with Gasteiger partial charge in [-0.25, -0.2) is 4.98 Å². The molecule has 2 aromatic rings. The lowest BCUT2D eigenvalue weighted by Crippen LogP contribution is -2.31. The number of pyridine rings is 1. The van der Waals surface area contributed by atoms with Crippen LogP contribution in [0.4, 0.5) is 17.2 Å². The normalized spacial score (nSPS) is 13.5. The van der Waals surface area contributed by atoms with E-state index < -0.39 is 9.85 Å². The van der Waals surface area contributed by atoms with Gasteiger partial charge in [0, 0.05) is 43.0 Å². The Labute approximate surface area is 155 Å². The van der Waals surface area contributed by atoms with E-state index in [4.69, 9.17) is 0 Å². The zero-order valence-corrected chi connectivity index (χ0v) is 14.4. The van der Waals surface area contributed by atoms with Crippen LogP contribution < -0.4 is 4.90 Å². The van der Waals surface area contributed by atoms with Gasteiger partial charge in [-0.15, -0.1) is 0 Å². The maximum Gasteiger partial charge on any atom is 0.311 e. The molecule has 1 fully saturated rings. The van der Waals surface area contributed by atoms with Crippen molar-refractivity contribution in [3.63, 3.8) is 0 Å². The van der Waals surface area contributed by atoms with Gasteiger partial charge in [0.05, 0.1) is 9.85 Å². The van der Waals surface area contributed by atoms with E-state index >= 15 is 0 Å². The van der Waals surface area contributed by atoms with Crippen LogP contribution >= 0.6 is 0 Å². The fourth-order valence-electron chi connectivity index (χ4n) is 2.84. The predicted molar refractivity (Wildman–Crippen MR) is 100 cm³/mol. The molecule has 8 nitrogen and oxygen atoms in total. The van der Waals surface area contributed by atoms with Crippen LogP contribution in [0.15, 0.2) is 54.2 Å². The second-order valence-corrected chi connectivity index (χ2v) is 5.97. The Bertz CT molecular complexity index is 965. The molecule has 1 aromatic carbocycles. The van der Waals surface area contributed by atoms with Crippen LogP contribution in [0.5, 0.6) is 0 Å². The van der Waals surface area contributed by atoms with Crippen molar-refractivity contribution in [3.8, 4) is 11.8 Å². The summed E-state index contributed by atoms with van der Waals surface area (Å²) < 4.78 is 0. The highest BCUT2D eigenvalue weighted by atomic mass is 16.6. The number of allylic oxidation sites excluding steroid dienone is 1. The van der Waals surface area contributed by atoms with Gasteiger partial charge in [-0.05, 0) is 31.1 Å². The first-order valence-corrected chi connectivity index (χ1v) is 8.33. The number of hydrogen-bond donors (Lipinski definition) is 0. The number of benzene rings is 1. The Morgan fingerprint density at radius 3 is 2.56 bits per heavy atom. The van der Waals surface area contributed by atoms with Crippen LogP contribution in [0.25, 0.3) is 0 Å². The third kappa shape index (κ3) is 4.46. The molecule has 1 aromatic heterocycles. The van der Waals surface area contributed by atoms with Crippen LogP contribution in [0, 0.1) is 32.1 Å². The van der Waals surface area contributed by atoms with E-state index in [2.05, 4.69) is 16.8 Å². The molecule has 0 amide bonds. The fraction of sp³-hybridized carbons (Fsp3) is 0.211. The molecule has 136 valence electrons. The average molecular weight is 364 g/mol. The number of non-ortho nitro benzene ring substituents is 1. The van der Waals surface area contributed by atoms with Gasteiger partial charge in [-0.1, -0.05) is 23.5 Å². The lowest BCUT2D eigenvalue weighted by molar-refractivity contribution is -0.384. The molecule has 1 saturated heterocycles. The topological polar surface area (TPSA) is 102 Å². The van der Waals surface area contributed by atoms with Gasteiger partial charge in [-0.2, -0.15) is 0 Å². The van der Waals surface area contributed by atoms with Gasteiger partial charge in [0.25, 0.3) is 5.69 Å². The van der Waals surface area contributed by atoms with Crippen LogP contribution in [0.2, 0.25) is 0 Å². The largest absolute Gasteiger partial charge is 0.350 e. The quantitative estimate of drug-likeness (QED) is 0.469. The van der Waals surface area contributed by atoms with E-state index in [0.29, 0.717) is 24.5 Å². The molecule has 0 aliphatic carbocycles. The molecule has 0 bridgehead atoms.